The third-order valence-electron chi connectivity index (χ3n) is 6.47. The molecule has 3 fully saturated rings. The van der Waals surface area contributed by atoms with Crippen LogP contribution in [0.5, 0.6) is 5.75 Å². The lowest BCUT2D eigenvalue weighted by Gasteiger charge is -2.22. The number of hydrogen-bond acceptors (Lipinski definition) is 5. The first-order valence-corrected chi connectivity index (χ1v) is 8.38. The number of nitro groups is 1. The van der Waals surface area contributed by atoms with Gasteiger partial charge in [-0.25, -0.2) is 4.90 Å². The van der Waals surface area contributed by atoms with E-state index in [9.17, 15) is 19.7 Å². The van der Waals surface area contributed by atoms with E-state index in [2.05, 4.69) is 12.2 Å². The second-order valence-electron chi connectivity index (χ2n) is 7.35. The number of amides is 2. The van der Waals surface area contributed by atoms with Gasteiger partial charge in [0.1, 0.15) is 11.4 Å². The van der Waals surface area contributed by atoms with Crippen molar-refractivity contribution in [3.63, 3.8) is 0 Å². The smallest absolute Gasteiger partial charge is 0.271 e. The molecule has 3 aliphatic carbocycles. The Morgan fingerprint density at radius 2 is 1.76 bits per heavy atom. The minimum absolute atomic E-state index is 0.119. The number of anilines is 1. The number of imide groups is 1. The third kappa shape index (κ3) is 1.61. The van der Waals surface area contributed by atoms with Crippen molar-refractivity contribution in [2.75, 3.05) is 12.0 Å². The maximum Gasteiger partial charge on any atom is 0.271 e. The molecule has 1 aromatic carbocycles. The lowest BCUT2D eigenvalue weighted by atomic mass is 9.85. The topological polar surface area (TPSA) is 89.8 Å². The molecule has 128 valence electrons. The maximum absolute atomic E-state index is 13.1. The molecular weight excluding hydrogens is 324 g/mol. The number of allylic oxidation sites excluding steroid dienone is 2. The van der Waals surface area contributed by atoms with Gasteiger partial charge >= 0.3 is 0 Å². The molecule has 7 heteroatoms. The molecule has 2 amide bonds. The van der Waals surface area contributed by atoms with E-state index in [1.807, 2.05) is 0 Å². The molecule has 0 unspecified atom stereocenters. The molecule has 1 saturated heterocycles. The van der Waals surface area contributed by atoms with Crippen LogP contribution in [0.1, 0.15) is 12.8 Å². The fourth-order valence-electron chi connectivity index (χ4n) is 5.28. The Morgan fingerprint density at radius 1 is 1.16 bits per heavy atom. The molecular formula is C18H16N2O5. The van der Waals surface area contributed by atoms with Gasteiger partial charge < -0.3 is 4.74 Å². The van der Waals surface area contributed by atoms with E-state index in [4.69, 9.17) is 4.74 Å². The molecule has 1 heterocycles. The largest absolute Gasteiger partial charge is 0.495 e. The first-order valence-electron chi connectivity index (χ1n) is 8.38. The summed E-state index contributed by atoms with van der Waals surface area (Å²) >= 11 is 0. The van der Waals surface area contributed by atoms with Gasteiger partial charge in [0.05, 0.1) is 23.9 Å². The number of ether oxygens (including phenoxy) is 1. The van der Waals surface area contributed by atoms with Crippen LogP contribution in [-0.4, -0.2) is 23.8 Å². The van der Waals surface area contributed by atoms with E-state index >= 15 is 0 Å². The van der Waals surface area contributed by atoms with Crippen LogP contribution in [0.2, 0.25) is 0 Å². The zero-order valence-corrected chi connectivity index (χ0v) is 13.5. The Bertz CT molecular complexity index is 838. The molecule has 4 aliphatic rings. The normalized spacial score (nSPS) is 33.2. The Morgan fingerprint density at radius 3 is 2.24 bits per heavy atom. The van der Waals surface area contributed by atoms with Gasteiger partial charge in [-0.1, -0.05) is 12.2 Å². The Balaban J connectivity index is 1.59. The number of nitrogens with zero attached hydrogens (tertiary/aromatic N) is 2. The molecule has 0 aromatic heterocycles. The van der Waals surface area contributed by atoms with Crippen molar-refractivity contribution in [2.45, 2.75) is 12.8 Å². The second-order valence-corrected chi connectivity index (χ2v) is 7.35. The van der Waals surface area contributed by atoms with Crippen molar-refractivity contribution in [1.82, 2.24) is 0 Å². The fourth-order valence-corrected chi connectivity index (χ4v) is 5.28. The average molecular weight is 340 g/mol. The molecule has 7 nitrogen and oxygen atoms in total. The van der Waals surface area contributed by atoms with Crippen LogP contribution in [0.3, 0.4) is 0 Å². The summed E-state index contributed by atoms with van der Waals surface area (Å²) < 4.78 is 5.25. The molecule has 2 bridgehead atoms. The highest BCUT2D eigenvalue weighted by atomic mass is 16.6. The molecule has 5 rings (SSSR count). The Hall–Kier alpha value is -2.70. The molecule has 1 aromatic rings. The summed E-state index contributed by atoms with van der Waals surface area (Å²) in [4.78, 5) is 37.9. The third-order valence-corrected chi connectivity index (χ3v) is 6.47. The van der Waals surface area contributed by atoms with E-state index in [1.54, 1.807) is 0 Å². The zero-order chi connectivity index (χ0) is 17.5. The van der Waals surface area contributed by atoms with Gasteiger partial charge in [0.15, 0.2) is 0 Å². The molecule has 4 atom stereocenters. The summed E-state index contributed by atoms with van der Waals surface area (Å²) in [6.07, 6.45) is 6.34. The first kappa shape index (κ1) is 14.6. The number of carbonyl (C=O) groups excluding carboxylic acids is 2. The van der Waals surface area contributed by atoms with Gasteiger partial charge in [-0.2, -0.15) is 0 Å². The monoisotopic (exact) mass is 340 g/mol. The number of nitro benzene ring substituents is 1. The van der Waals surface area contributed by atoms with E-state index < -0.39 is 4.92 Å². The van der Waals surface area contributed by atoms with Crippen LogP contribution >= 0.6 is 0 Å². The molecule has 1 spiro atoms. The lowest BCUT2D eigenvalue weighted by Crippen LogP contribution is -2.35. The number of rotatable bonds is 3. The quantitative estimate of drug-likeness (QED) is 0.364. The Labute approximate surface area is 143 Å². The summed E-state index contributed by atoms with van der Waals surface area (Å²) in [6, 6.07) is 3.98. The molecule has 0 radical (unpaired) electrons. The van der Waals surface area contributed by atoms with E-state index in [0.29, 0.717) is 0 Å². The average Bonchev–Trinajstić information content (AvgIpc) is 3.19. The van der Waals surface area contributed by atoms with Crippen molar-refractivity contribution in [3.05, 3.63) is 40.5 Å². The molecule has 0 N–H and O–H groups in total. The van der Waals surface area contributed by atoms with Crippen molar-refractivity contribution >= 4 is 23.2 Å². The number of non-ortho nitro benzene ring substituents is 1. The number of hydrogen-bond donors (Lipinski definition) is 0. The highest BCUT2D eigenvalue weighted by Gasteiger charge is 2.73. The highest BCUT2D eigenvalue weighted by Crippen LogP contribution is 2.73. The summed E-state index contributed by atoms with van der Waals surface area (Å²) in [6.45, 7) is 0. The summed E-state index contributed by atoms with van der Waals surface area (Å²) in [7, 11) is 1.42. The predicted octanol–water partition coefficient (Wildman–Crippen LogP) is 2.30. The molecule has 1 aliphatic heterocycles. The predicted molar refractivity (Wildman–Crippen MR) is 86.9 cm³/mol. The van der Waals surface area contributed by atoms with Crippen molar-refractivity contribution in [1.29, 1.82) is 0 Å². The SMILES string of the molecule is COc1ccc([N+](=O)[O-])cc1N1C(=O)[C@@H]2[C@@H](C1=O)[C@@H]1C=C[C@@H]2C12CC2. The molecule has 2 saturated carbocycles. The van der Waals surface area contributed by atoms with E-state index in [1.165, 1.54) is 25.3 Å². The minimum atomic E-state index is -0.542. The summed E-state index contributed by atoms with van der Waals surface area (Å²) in [5.41, 5.74) is 0.123. The van der Waals surface area contributed by atoms with Crippen LogP contribution in [0, 0.1) is 39.2 Å². The van der Waals surface area contributed by atoms with Gasteiger partial charge in [-0.05, 0) is 36.2 Å². The number of fused-ring (bicyclic) bond motifs is 3. The van der Waals surface area contributed by atoms with Crippen LogP contribution < -0.4 is 9.64 Å². The maximum atomic E-state index is 13.1. The van der Waals surface area contributed by atoms with Gasteiger partial charge in [0, 0.05) is 12.1 Å². The number of carbonyl (C=O) groups is 2. The van der Waals surface area contributed by atoms with Gasteiger partial charge in [-0.15, -0.1) is 0 Å². The molecule has 25 heavy (non-hydrogen) atoms. The number of methoxy groups -OCH3 is 1. The fraction of sp³-hybridized carbons (Fsp3) is 0.444. The van der Waals surface area contributed by atoms with Crippen LogP contribution in [0.15, 0.2) is 30.4 Å². The van der Waals surface area contributed by atoms with Crippen molar-refractivity contribution in [3.8, 4) is 5.75 Å². The van der Waals surface area contributed by atoms with Crippen molar-refractivity contribution < 1.29 is 19.2 Å². The van der Waals surface area contributed by atoms with Gasteiger partial charge in [-0.3, -0.25) is 19.7 Å². The van der Waals surface area contributed by atoms with Gasteiger partial charge in [0.25, 0.3) is 5.69 Å². The number of benzene rings is 1. The van der Waals surface area contributed by atoms with Gasteiger partial charge in [0.2, 0.25) is 11.8 Å². The van der Waals surface area contributed by atoms with E-state index in [0.717, 1.165) is 17.7 Å². The summed E-state index contributed by atoms with van der Waals surface area (Å²) in [5, 5.41) is 11.1. The van der Waals surface area contributed by atoms with E-state index in [-0.39, 0.29) is 58.0 Å². The lowest BCUT2D eigenvalue weighted by molar-refractivity contribution is -0.384. The first-order chi connectivity index (χ1) is 12.0. The van der Waals surface area contributed by atoms with Crippen molar-refractivity contribution in [2.24, 2.45) is 29.1 Å². The summed E-state index contributed by atoms with van der Waals surface area (Å²) in [5.74, 6) is -0.659. The Kier molecular flexibility index (Phi) is 2.62. The highest BCUT2D eigenvalue weighted by molar-refractivity contribution is 6.23. The van der Waals surface area contributed by atoms with Crippen LogP contribution in [-0.2, 0) is 9.59 Å². The zero-order valence-electron chi connectivity index (χ0n) is 13.5. The van der Waals surface area contributed by atoms with Crippen LogP contribution in [0.25, 0.3) is 0 Å². The standard InChI is InChI=1S/C18H16N2O5/c1-25-13-5-2-9(20(23)24)8-12(13)19-16(21)14-10-3-4-11(15(14)17(19)22)18(10)6-7-18/h2-5,8,10-11,14-15H,6-7H2,1H3/t10-,11-,14-,15-/m0/s1. The minimum Gasteiger partial charge on any atom is -0.495 e. The van der Waals surface area contributed by atoms with Crippen LogP contribution in [0.4, 0.5) is 11.4 Å². The second kappa shape index (κ2) is 4.47.